The fourth-order valence-electron chi connectivity index (χ4n) is 1.91. The van der Waals surface area contributed by atoms with Crippen LogP contribution in [0.25, 0.3) is 0 Å². The van der Waals surface area contributed by atoms with Crippen LogP contribution in [0.3, 0.4) is 0 Å². The number of allylic oxidation sites excluding steroid dienone is 5. The molecular formula is C12H17BO3. The molecule has 1 N–H and O–H groups in total. The number of hydrogen-bond donors (Lipinski definition) is 1. The van der Waals surface area contributed by atoms with Gasteiger partial charge in [0.2, 0.25) is 0 Å². The van der Waals surface area contributed by atoms with Crippen LogP contribution in [0.2, 0.25) is 0 Å². The summed E-state index contributed by atoms with van der Waals surface area (Å²) in [5.74, 6) is 0.976. The van der Waals surface area contributed by atoms with Gasteiger partial charge < -0.3 is 9.91 Å². The van der Waals surface area contributed by atoms with Gasteiger partial charge in [0.1, 0.15) is 0 Å². The summed E-state index contributed by atoms with van der Waals surface area (Å²) in [7, 11) is -0.963. The fourth-order valence-corrected chi connectivity index (χ4v) is 1.91. The average molecular weight is 220 g/mol. The minimum atomic E-state index is -0.963. The van der Waals surface area contributed by atoms with Gasteiger partial charge in [-0.1, -0.05) is 39.0 Å². The normalized spacial score (nSPS) is 36.0. The molecular weight excluding hydrogens is 203 g/mol. The molecule has 1 aliphatic carbocycles. The maximum atomic E-state index is 9.65. The maximum absolute atomic E-state index is 9.65. The summed E-state index contributed by atoms with van der Waals surface area (Å²) in [4.78, 5) is 9.83. The van der Waals surface area contributed by atoms with E-state index in [1.165, 1.54) is 0 Å². The van der Waals surface area contributed by atoms with E-state index in [1.807, 2.05) is 12.2 Å². The van der Waals surface area contributed by atoms with Crippen LogP contribution in [0.4, 0.5) is 0 Å². The van der Waals surface area contributed by atoms with E-state index in [9.17, 15) is 5.02 Å². The van der Waals surface area contributed by atoms with E-state index in [2.05, 4.69) is 32.9 Å². The van der Waals surface area contributed by atoms with Crippen molar-refractivity contribution in [3.05, 3.63) is 35.5 Å². The molecule has 86 valence electrons. The van der Waals surface area contributed by atoms with Crippen molar-refractivity contribution >= 4 is 7.12 Å². The summed E-state index contributed by atoms with van der Waals surface area (Å²) >= 11 is 0. The maximum Gasteiger partial charge on any atom is 0.541 e. The SMILES string of the molecule is CCC1/C=C\C(C)(C)/C=C2/B(O)OO/C2=C/1. The Morgan fingerprint density at radius 2 is 2.25 bits per heavy atom. The minimum absolute atomic E-state index is 0.0969. The zero-order valence-corrected chi connectivity index (χ0v) is 9.93. The summed E-state index contributed by atoms with van der Waals surface area (Å²) in [6.07, 6.45) is 9.32. The van der Waals surface area contributed by atoms with Crippen LogP contribution in [-0.4, -0.2) is 12.1 Å². The van der Waals surface area contributed by atoms with Crippen molar-refractivity contribution in [2.75, 3.05) is 0 Å². The predicted octanol–water partition coefficient (Wildman–Crippen LogP) is 2.40. The molecule has 1 unspecified atom stereocenters. The lowest BCUT2D eigenvalue weighted by Crippen LogP contribution is -2.17. The Balaban J connectivity index is 2.44. The van der Waals surface area contributed by atoms with E-state index in [0.29, 0.717) is 11.7 Å². The highest BCUT2D eigenvalue weighted by Crippen LogP contribution is 2.33. The molecule has 1 heterocycles. The summed E-state index contributed by atoms with van der Waals surface area (Å²) in [6, 6.07) is 0. The first-order valence-electron chi connectivity index (χ1n) is 5.67. The van der Waals surface area contributed by atoms with Crippen LogP contribution >= 0.6 is 0 Å². The van der Waals surface area contributed by atoms with Gasteiger partial charge in [0.05, 0.1) is 0 Å². The number of fused-ring (bicyclic) bond motifs is 1. The van der Waals surface area contributed by atoms with E-state index in [-0.39, 0.29) is 5.41 Å². The second-order valence-electron chi connectivity index (χ2n) is 4.92. The van der Waals surface area contributed by atoms with Crippen molar-refractivity contribution in [3.8, 4) is 0 Å². The molecule has 0 saturated carbocycles. The van der Waals surface area contributed by atoms with Crippen molar-refractivity contribution in [1.82, 2.24) is 0 Å². The Morgan fingerprint density at radius 3 is 2.94 bits per heavy atom. The smallest absolute Gasteiger partial charge is 0.421 e. The van der Waals surface area contributed by atoms with Crippen LogP contribution in [0.5, 0.6) is 0 Å². The van der Waals surface area contributed by atoms with Gasteiger partial charge in [-0.15, -0.1) is 0 Å². The standard InChI is InChI=1S/C12H17BO3/c1-4-9-5-6-12(2,3)8-10-11(7-9)15-16-13(10)14/h5-9,14H,4H2,1-3H3/b6-5-,10-8+,11-7+. The lowest BCUT2D eigenvalue weighted by molar-refractivity contribution is -0.161. The quantitative estimate of drug-likeness (QED) is 0.419. The zero-order chi connectivity index (χ0) is 11.8. The molecule has 2 aliphatic rings. The van der Waals surface area contributed by atoms with Gasteiger partial charge in [0, 0.05) is 10.9 Å². The van der Waals surface area contributed by atoms with E-state index in [1.54, 1.807) is 0 Å². The van der Waals surface area contributed by atoms with Crippen molar-refractivity contribution < 1.29 is 14.7 Å². The molecule has 0 aromatic rings. The Labute approximate surface area is 96.5 Å². The second-order valence-corrected chi connectivity index (χ2v) is 4.92. The Bertz CT molecular complexity index is 368. The van der Waals surface area contributed by atoms with Gasteiger partial charge in [0.25, 0.3) is 0 Å². The molecule has 0 aromatic heterocycles. The molecule has 0 aromatic carbocycles. The van der Waals surface area contributed by atoms with Gasteiger partial charge in [-0.25, -0.2) is 4.81 Å². The molecule has 1 fully saturated rings. The predicted molar refractivity (Wildman–Crippen MR) is 63.0 cm³/mol. The molecule has 2 rings (SSSR count). The highest BCUT2D eigenvalue weighted by molar-refractivity contribution is 6.54. The van der Waals surface area contributed by atoms with Crippen molar-refractivity contribution in [1.29, 1.82) is 0 Å². The Hall–Kier alpha value is -0.995. The van der Waals surface area contributed by atoms with Gasteiger partial charge in [-0.05, 0) is 18.4 Å². The third-order valence-corrected chi connectivity index (χ3v) is 2.92. The first kappa shape index (κ1) is 11.5. The largest absolute Gasteiger partial charge is 0.541 e. The fraction of sp³-hybridized carbons (Fsp3) is 0.500. The lowest BCUT2D eigenvalue weighted by Gasteiger charge is -2.19. The van der Waals surface area contributed by atoms with Crippen molar-refractivity contribution in [3.63, 3.8) is 0 Å². The van der Waals surface area contributed by atoms with Crippen LogP contribution in [-0.2, 0) is 9.69 Å². The molecule has 0 amide bonds. The third-order valence-electron chi connectivity index (χ3n) is 2.92. The van der Waals surface area contributed by atoms with Crippen LogP contribution in [0.15, 0.2) is 35.5 Å². The Kier molecular flexibility index (Phi) is 2.95. The molecule has 1 aliphatic heterocycles. The van der Waals surface area contributed by atoms with E-state index in [0.717, 1.165) is 11.9 Å². The zero-order valence-electron chi connectivity index (χ0n) is 9.93. The summed E-state index contributed by atoms with van der Waals surface area (Å²) in [6.45, 7) is 6.31. The summed E-state index contributed by atoms with van der Waals surface area (Å²) in [5.41, 5.74) is 0.633. The molecule has 1 atom stereocenters. The topological polar surface area (TPSA) is 38.7 Å². The van der Waals surface area contributed by atoms with Gasteiger partial charge >= 0.3 is 7.12 Å². The van der Waals surface area contributed by atoms with Crippen LogP contribution < -0.4 is 0 Å². The van der Waals surface area contributed by atoms with Crippen LogP contribution in [0.1, 0.15) is 27.2 Å². The molecule has 16 heavy (non-hydrogen) atoms. The van der Waals surface area contributed by atoms with Gasteiger partial charge in [-0.2, -0.15) is 0 Å². The minimum Gasteiger partial charge on any atom is -0.421 e. The van der Waals surface area contributed by atoms with Crippen molar-refractivity contribution in [2.24, 2.45) is 11.3 Å². The average Bonchev–Trinajstić information content (AvgIpc) is 2.53. The van der Waals surface area contributed by atoms with E-state index < -0.39 is 7.12 Å². The summed E-state index contributed by atoms with van der Waals surface area (Å²) in [5, 5.41) is 9.65. The molecule has 0 radical (unpaired) electrons. The molecule has 0 bridgehead atoms. The monoisotopic (exact) mass is 220 g/mol. The highest BCUT2D eigenvalue weighted by atomic mass is 17.2. The van der Waals surface area contributed by atoms with Gasteiger partial charge in [0.15, 0.2) is 5.76 Å². The molecule has 0 spiro atoms. The molecule has 3 nitrogen and oxygen atoms in total. The third kappa shape index (κ3) is 2.23. The highest BCUT2D eigenvalue weighted by Gasteiger charge is 2.36. The number of rotatable bonds is 1. The first-order valence-corrected chi connectivity index (χ1v) is 5.67. The van der Waals surface area contributed by atoms with Crippen LogP contribution in [0, 0.1) is 11.3 Å². The lowest BCUT2D eigenvalue weighted by atomic mass is 9.72. The molecule has 1 saturated heterocycles. The first-order chi connectivity index (χ1) is 7.52. The second kappa shape index (κ2) is 4.11. The van der Waals surface area contributed by atoms with E-state index >= 15 is 0 Å². The Morgan fingerprint density at radius 1 is 1.50 bits per heavy atom. The summed E-state index contributed by atoms with van der Waals surface area (Å²) < 4.78 is 0. The molecule has 4 heteroatoms. The van der Waals surface area contributed by atoms with Gasteiger partial charge in [-0.3, -0.25) is 0 Å². The van der Waals surface area contributed by atoms with Crippen molar-refractivity contribution in [2.45, 2.75) is 27.2 Å². The number of hydrogen-bond acceptors (Lipinski definition) is 3. The van der Waals surface area contributed by atoms with E-state index in [4.69, 9.17) is 9.69 Å².